The lowest BCUT2D eigenvalue weighted by molar-refractivity contribution is -0.128. The van der Waals surface area contributed by atoms with Crippen molar-refractivity contribution in [2.45, 2.75) is 13.8 Å². The largest absolute Gasteiger partial charge is 0.490 e. The van der Waals surface area contributed by atoms with E-state index in [1.54, 1.807) is 18.2 Å². The summed E-state index contributed by atoms with van der Waals surface area (Å²) in [6.45, 7) is 8.50. The normalized spacial score (nSPS) is 15.9. The number of ether oxygens (including phenoxy) is 2. The van der Waals surface area contributed by atoms with E-state index in [0.717, 1.165) is 0 Å². The molecule has 1 heterocycles. The van der Waals surface area contributed by atoms with Gasteiger partial charge in [0, 0.05) is 11.0 Å². The standard InChI is InChI=1S/C18H19BrN2O4S/c1-4-7-21-17(23)12(16(22)20-18(21)26)8-11-9-14(24-5-2)15(25-6-3)10-13(11)19/h4,8-10H,1,5-7H2,2-3H3,(H,20,22,26). The van der Waals surface area contributed by atoms with Gasteiger partial charge in [-0.1, -0.05) is 22.0 Å². The van der Waals surface area contributed by atoms with E-state index in [0.29, 0.717) is 34.7 Å². The molecule has 1 aromatic carbocycles. The minimum Gasteiger partial charge on any atom is -0.490 e. The summed E-state index contributed by atoms with van der Waals surface area (Å²) in [6, 6.07) is 3.47. The van der Waals surface area contributed by atoms with Crippen molar-refractivity contribution in [1.82, 2.24) is 10.2 Å². The maximum absolute atomic E-state index is 12.6. The highest BCUT2D eigenvalue weighted by atomic mass is 79.9. The van der Waals surface area contributed by atoms with Crippen LogP contribution >= 0.6 is 28.1 Å². The fourth-order valence-electron chi connectivity index (χ4n) is 2.34. The molecule has 8 heteroatoms. The van der Waals surface area contributed by atoms with Crippen LogP contribution in [0.15, 0.2) is 34.8 Å². The molecule has 0 aliphatic carbocycles. The highest BCUT2D eigenvalue weighted by Gasteiger charge is 2.32. The smallest absolute Gasteiger partial charge is 0.265 e. The van der Waals surface area contributed by atoms with Crippen molar-refractivity contribution < 1.29 is 19.1 Å². The number of nitrogens with zero attached hydrogens (tertiary/aromatic N) is 1. The molecule has 0 atom stereocenters. The average Bonchev–Trinajstić information content (AvgIpc) is 2.59. The predicted molar refractivity (Wildman–Crippen MR) is 107 cm³/mol. The fraction of sp³-hybridized carbons (Fsp3) is 0.278. The summed E-state index contributed by atoms with van der Waals surface area (Å²) in [5, 5.41) is 2.58. The van der Waals surface area contributed by atoms with E-state index >= 15 is 0 Å². The van der Waals surface area contributed by atoms with E-state index in [4.69, 9.17) is 21.7 Å². The lowest BCUT2D eigenvalue weighted by Gasteiger charge is -2.27. The Kier molecular flexibility index (Phi) is 6.93. The molecule has 1 fully saturated rings. The van der Waals surface area contributed by atoms with Crippen LogP contribution in [-0.2, 0) is 9.59 Å². The van der Waals surface area contributed by atoms with Gasteiger partial charge in [0.05, 0.1) is 13.2 Å². The van der Waals surface area contributed by atoms with Crippen molar-refractivity contribution in [2.24, 2.45) is 0 Å². The molecule has 2 amide bonds. The van der Waals surface area contributed by atoms with Crippen molar-refractivity contribution in [3.05, 3.63) is 40.4 Å². The number of amides is 2. The lowest BCUT2D eigenvalue weighted by Crippen LogP contribution is -2.53. The van der Waals surface area contributed by atoms with Gasteiger partial charge in [0.15, 0.2) is 16.6 Å². The summed E-state index contributed by atoms with van der Waals surface area (Å²) < 4.78 is 11.8. The first-order valence-electron chi connectivity index (χ1n) is 8.01. The maximum atomic E-state index is 12.6. The molecule has 2 rings (SSSR count). The SMILES string of the molecule is C=CCN1C(=O)C(=Cc2cc(OCC)c(OCC)cc2Br)C(=O)NC1=S. The van der Waals surface area contributed by atoms with Gasteiger partial charge in [0.1, 0.15) is 5.57 Å². The predicted octanol–water partition coefficient (Wildman–Crippen LogP) is 3.06. The molecule has 1 aliphatic heterocycles. The van der Waals surface area contributed by atoms with Crippen molar-refractivity contribution in [2.75, 3.05) is 19.8 Å². The van der Waals surface area contributed by atoms with E-state index < -0.39 is 11.8 Å². The number of hydrogen-bond acceptors (Lipinski definition) is 5. The number of halogens is 1. The Morgan fingerprint density at radius 3 is 2.42 bits per heavy atom. The minimum absolute atomic E-state index is 0.0206. The highest BCUT2D eigenvalue weighted by Crippen LogP contribution is 2.35. The van der Waals surface area contributed by atoms with Crippen molar-refractivity contribution in [3.63, 3.8) is 0 Å². The number of carbonyl (C=O) groups excluding carboxylic acids is 2. The van der Waals surface area contributed by atoms with Crippen molar-refractivity contribution >= 4 is 51.2 Å². The van der Waals surface area contributed by atoms with Crippen LogP contribution < -0.4 is 14.8 Å². The van der Waals surface area contributed by atoms with Crippen LogP contribution in [0.4, 0.5) is 0 Å². The number of thiocarbonyl (C=S) groups is 1. The molecule has 1 N–H and O–H groups in total. The Balaban J connectivity index is 2.48. The summed E-state index contributed by atoms with van der Waals surface area (Å²) in [6.07, 6.45) is 3.04. The van der Waals surface area contributed by atoms with Gasteiger partial charge >= 0.3 is 0 Å². The summed E-state index contributed by atoms with van der Waals surface area (Å²) in [5.74, 6) is 0.0974. The molecule has 138 valence electrons. The number of benzene rings is 1. The summed E-state index contributed by atoms with van der Waals surface area (Å²) in [7, 11) is 0. The van der Waals surface area contributed by atoms with E-state index in [1.165, 1.54) is 11.0 Å². The van der Waals surface area contributed by atoms with Crippen molar-refractivity contribution in [1.29, 1.82) is 0 Å². The second kappa shape index (κ2) is 8.95. The highest BCUT2D eigenvalue weighted by molar-refractivity contribution is 9.10. The van der Waals surface area contributed by atoms with Crippen LogP contribution in [0, 0.1) is 0 Å². The van der Waals surface area contributed by atoms with Crippen LogP contribution in [0.2, 0.25) is 0 Å². The van der Waals surface area contributed by atoms with E-state index in [-0.39, 0.29) is 17.2 Å². The number of nitrogens with one attached hydrogen (secondary N) is 1. The Morgan fingerprint density at radius 1 is 1.23 bits per heavy atom. The first kappa shape index (κ1) is 20.1. The van der Waals surface area contributed by atoms with Gasteiger partial charge in [0.2, 0.25) is 0 Å². The zero-order chi connectivity index (χ0) is 19.3. The molecule has 6 nitrogen and oxygen atoms in total. The summed E-state index contributed by atoms with van der Waals surface area (Å²) in [4.78, 5) is 26.2. The fourth-order valence-corrected chi connectivity index (χ4v) is 3.03. The molecule has 0 spiro atoms. The quantitative estimate of drug-likeness (QED) is 0.306. The van der Waals surface area contributed by atoms with E-state index in [1.807, 2.05) is 13.8 Å². The van der Waals surface area contributed by atoms with Gasteiger partial charge in [-0.3, -0.25) is 19.8 Å². The molecule has 1 aromatic rings. The molecular weight excluding hydrogens is 420 g/mol. The zero-order valence-electron chi connectivity index (χ0n) is 14.5. The third kappa shape index (κ3) is 4.31. The van der Waals surface area contributed by atoms with Gasteiger partial charge < -0.3 is 9.47 Å². The minimum atomic E-state index is -0.543. The Bertz CT molecular complexity index is 792. The van der Waals surface area contributed by atoms with Crippen LogP contribution in [0.1, 0.15) is 19.4 Å². The summed E-state index contributed by atoms with van der Waals surface area (Å²) >= 11 is 8.49. The molecule has 0 radical (unpaired) electrons. The molecule has 0 aromatic heterocycles. The van der Waals surface area contributed by atoms with Crippen LogP contribution in [0.25, 0.3) is 6.08 Å². The van der Waals surface area contributed by atoms with Gasteiger partial charge in [-0.25, -0.2) is 0 Å². The zero-order valence-corrected chi connectivity index (χ0v) is 16.9. The first-order valence-corrected chi connectivity index (χ1v) is 9.21. The van der Waals surface area contributed by atoms with Gasteiger partial charge in [-0.2, -0.15) is 0 Å². The molecule has 26 heavy (non-hydrogen) atoms. The molecule has 0 unspecified atom stereocenters. The third-order valence-electron chi connectivity index (χ3n) is 3.46. The molecule has 1 aliphatic rings. The molecular formula is C18H19BrN2O4S. The van der Waals surface area contributed by atoms with Crippen LogP contribution in [0.5, 0.6) is 11.5 Å². The maximum Gasteiger partial charge on any atom is 0.265 e. The topological polar surface area (TPSA) is 67.9 Å². The Morgan fingerprint density at radius 2 is 1.85 bits per heavy atom. The van der Waals surface area contributed by atoms with E-state index in [2.05, 4.69) is 27.8 Å². The number of carbonyl (C=O) groups is 2. The molecule has 1 saturated heterocycles. The molecule has 0 bridgehead atoms. The Labute approximate surface area is 166 Å². The summed E-state index contributed by atoms with van der Waals surface area (Å²) in [5.41, 5.74) is 0.592. The second-order valence-electron chi connectivity index (χ2n) is 5.21. The van der Waals surface area contributed by atoms with Crippen molar-refractivity contribution in [3.8, 4) is 11.5 Å². The molecule has 0 saturated carbocycles. The Hall–Kier alpha value is -2.19. The third-order valence-corrected chi connectivity index (χ3v) is 4.47. The lowest BCUT2D eigenvalue weighted by atomic mass is 10.1. The average molecular weight is 439 g/mol. The van der Waals surface area contributed by atoms with Gasteiger partial charge in [0.25, 0.3) is 11.8 Å². The van der Waals surface area contributed by atoms with Crippen LogP contribution in [0.3, 0.4) is 0 Å². The number of hydrogen-bond donors (Lipinski definition) is 1. The van der Waals surface area contributed by atoms with E-state index in [9.17, 15) is 9.59 Å². The first-order chi connectivity index (χ1) is 12.4. The monoisotopic (exact) mass is 438 g/mol. The van der Waals surface area contributed by atoms with Crippen LogP contribution in [-0.4, -0.2) is 41.6 Å². The number of rotatable bonds is 7. The second-order valence-corrected chi connectivity index (χ2v) is 6.45. The van der Waals surface area contributed by atoms with Gasteiger partial charge in [-0.05, 0) is 49.8 Å². The van der Waals surface area contributed by atoms with Gasteiger partial charge in [-0.15, -0.1) is 6.58 Å².